The Kier molecular flexibility index (Phi) is 7.20. The predicted molar refractivity (Wildman–Crippen MR) is 125 cm³/mol. The average molecular weight is 391 g/mol. The van der Waals surface area contributed by atoms with Crippen LogP contribution in [0.2, 0.25) is 0 Å². The van der Waals surface area contributed by atoms with Crippen molar-refractivity contribution in [1.82, 2.24) is 10.2 Å². The number of nitrogens with one attached hydrogen (secondary N) is 1. The fraction of sp³-hybridized carbons (Fsp3) is 0.923. The monoisotopic (exact) mass is 390 g/mol. The molecule has 0 aliphatic carbocycles. The Labute approximate surface area is 176 Å². The zero-order chi connectivity index (χ0) is 21.4. The molecule has 0 amide bonds. The Morgan fingerprint density at radius 2 is 1.50 bits per heavy atom. The Hall–Kier alpha value is -0.340. The van der Waals surface area contributed by atoms with E-state index < -0.39 is 0 Å². The van der Waals surface area contributed by atoms with Crippen LogP contribution in [0.3, 0.4) is 0 Å². The molecular formula is C26H50N2. The summed E-state index contributed by atoms with van der Waals surface area (Å²) in [7, 11) is 0. The summed E-state index contributed by atoms with van der Waals surface area (Å²) < 4.78 is 0. The number of hydrogen-bond acceptors (Lipinski definition) is 2. The minimum Gasteiger partial charge on any atom is -0.308 e. The molecule has 0 saturated carbocycles. The maximum absolute atomic E-state index is 3.74. The molecule has 1 N–H and O–H groups in total. The molecule has 2 nitrogen and oxygen atoms in total. The van der Waals surface area contributed by atoms with Gasteiger partial charge in [-0.15, -0.1) is 0 Å². The van der Waals surface area contributed by atoms with Crippen LogP contribution in [-0.2, 0) is 0 Å². The highest BCUT2D eigenvalue weighted by atomic mass is 15.3. The lowest BCUT2D eigenvalue weighted by atomic mass is 9.70. The third kappa shape index (κ3) is 4.38. The molecule has 3 fully saturated rings. The fourth-order valence-corrected chi connectivity index (χ4v) is 6.18. The van der Waals surface area contributed by atoms with Crippen LogP contribution in [0.5, 0.6) is 0 Å². The van der Waals surface area contributed by atoms with Crippen molar-refractivity contribution in [3.63, 3.8) is 0 Å². The zero-order valence-electron chi connectivity index (χ0n) is 20.8. The van der Waals surface area contributed by atoms with Gasteiger partial charge in [0.15, 0.2) is 0 Å². The molecule has 0 aromatic carbocycles. The van der Waals surface area contributed by atoms with E-state index in [0.717, 1.165) is 12.0 Å². The van der Waals surface area contributed by atoms with E-state index >= 15 is 0 Å². The summed E-state index contributed by atoms with van der Waals surface area (Å²) in [4.78, 5) is 2.74. The van der Waals surface area contributed by atoms with E-state index in [0.29, 0.717) is 22.5 Å². The normalized spacial score (nSPS) is 36.4. The molecule has 4 heterocycles. The Bertz CT molecular complexity index is 526. The van der Waals surface area contributed by atoms with Crippen LogP contribution in [0.1, 0.15) is 114 Å². The van der Waals surface area contributed by atoms with E-state index in [1.807, 2.05) is 0 Å². The first-order valence-electron chi connectivity index (χ1n) is 12.1. The van der Waals surface area contributed by atoms with Crippen molar-refractivity contribution >= 4 is 0 Å². The van der Waals surface area contributed by atoms with Gasteiger partial charge in [-0.2, -0.15) is 0 Å². The average Bonchev–Trinajstić information content (AvgIpc) is 3.34. The van der Waals surface area contributed by atoms with Crippen LogP contribution in [0.4, 0.5) is 0 Å². The number of nitrogens with zero attached hydrogens (tertiary/aromatic N) is 1. The van der Waals surface area contributed by atoms with E-state index in [-0.39, 0.29) is 5.54 Å². The lowest BCUT2D eigenvalue weighted by Crippen LogP contribution is -2.58. The molecule has 164 valence electrons. The van der Waals surface area contributed by atoms with Gasteiger partial charge in [0.25, 0.3) is 0 Å². The van der Waals surface area contributed by atoms with Gasteiger partial charge in [0.1, 0.15) is 0 Å². The quantitative estimate of drug-likeness (QED) is 0.487. The number of fused-ring (bicyclic) bond motifs is 4. The van der Waals surface area contributed by atoms with Crippen molar-refractivity contribution in [2.75, 3.05) is 0 Å². The second kappa shape index (κ2) is 8.42. The van der Waals surface area contributed by atoms with Crippen LogP contribution in [0, 0.1) is 11.3 Å². The van der Waals surface area contributed by atoms with E-state index in [4.69, 9.17) is 0 Å². The SMILES string of the molecule is CC(C)(C)N1C2C=CC1(C(C)(C)C)CC2.CC(C)C12CCC(CC1)N2.CCC. The molecule has 2 atom stereocenters. The van der Waals surface area contributed by atoms with Crippen LogP contribution in [0.15, 0.2) is 12.2 Å². The maximum Gasteiger partial charge on any atom is 0.0451 e. The van der Waals surface area contributed by atoms with E-state index in [2.05, 4.69) is 91.6 Å². The Balaban J connectivity index is 0.000000186. The van der Waals surface area contributed by atoms with Crippen molar-refractivity contribution in [2.45, 2.75) is 143 Å². The topological polar surface area (TPSA) is 15.3 Å². The molecule has 28 heavy (non-hydrogen) atoms. The van der Waals surface area contributed by atoms with Gasteiger partial charge in [0.05, 0.1) is 0 Å². The molecule has 0 spiro atoms. The minimum atomic E-state index is 0.276. The molecule has 4 rings (SSSR count). The third-order valence-corrected chi connectivity index (χ3v) is 7.67. The molecule has 4 bridgehead atoms. The summed E-state index contributed by atoms with van der Waals surface area (Å²) in [6.07, 6.45) is 14.5. The summed E-state index contributed by atoms with van der Waals surface area (Å²) >= 11 is 0. The maximum atomic E-state index is 3.74. The van der Waals surface area contributed by atoms with Crippen LogP contribution in [-0.4, -0.2) is 33.6 Å². The summed E-state index contributed by atoms with van der Waals surface area (Å²) in [5, 5.41) is 3.74. The molecule has 2 heteroatoms. The van der Waals surface area contributed by atoms with Gasteiger partial charge >= 0.3 is 0 Å². The summed E-state index contributed by atoms with van der Waals surface area (Å²) in [5.74, 6) is 0.833. The summed E-state index contributed by atoms with van der Waals surface area (Å²) in [6, 6.07) is 1.56. The lowest BCUT2D eigenvalue weighted by Gasteiger charge is -2.50. The second-order valence-electron chi connectivity index (χ2n) is 12.1. The standard InChI is InChI=1S/C14H25N.C9H17N.C3H8/c1-12(2,3)14-9-7-11(8-10-14)15(14)13(4,5)6;1-7(2)9-5-3-8(10-9)4-6-9;1-3-2/h7,9,11H,8,10H2,1-6H3;7-8,10H,3-6H2,1-2H3;3H2,1-2H3. The highest BCUT2D eigenvalue weighted by molar-refractivity contribution is 5.29. The summed E-state index contributed by atoms with van der Waals surface area (Å²) in [6.45, 7) is 23.1. The van der Waals surface area contributed by atoms with Crippen molar-refractivity contribution in [3.8, 4) is 0 Å². The molecular weight excluding hydrogens is 340 g/mol. The Morgan fingerprint density at radius 1 is 0.964 bits per heavy atom. The first kappa shape index (κ1) is 23.9. The molecule has 3 saturated heterocycles. The number of hydrogen-bond donors (Lipinski definition) is 1. The third-order valence-electron chi connectivity index (χ3n) is 7.67. The van der Waals surface area contributed by atoms with Gasteiger partial charge in [-0.25, -0.2) is 0 Å². The second-order valence-corrected chi connectivity index (χ2v) is 12.1. The largest absolute Gasteiger partial charge is 0.308 e. The van der Waals surface area contributed by atoms with Crippen molar-refractivity contribution in [3.05, 3.63) is 12.2 Å². The summed E-state index contributed by atoms with van der Waals surface area (Å²) in [5.41, 5.74) is 1.47. The van der Waals surface area contributed by atoms with Gasteiger partial charge in [0, 0.05) is 28.7 Å². The molecule has 4 aliphatic rings. The van der Waals surface area contributed by atoms with Gasteiger partial charge in [0.2, 0.25) is 0 Å². The predicted octanol–water partition coefficient (Wildman–Crippen LogP) is 6.95. The first-order valence-corrected chi connectivity index (χ1v) is 12.1. The minimum absolute atomic E-state index is 0.276. The molecule has 4 aliphatic heterocycles. The van der Waals surface area contributed by atoms with Crippen molar-refractivity contribution in [1.29, 1.82) is 0 Å². The van der Waals surface area contributed by atoms with Gasteiger partial charge in [-0.05, 0) is 70.6 Å². The number of rotatable bonds is 1. The van der Waals surface area contributed by atoms with Crippen molar-refractivity contribution in [2.24, 2.45) is 11.3 Å². The van der Waals surface area contributed by atoms with Gasteiger partial charge < -0.3 is 5.32 Å². The fourth-order valence-electron chi connectivity index (χ4n) is 6.18. The van der Waals surface area contributed by atoms with Crippen molar-refractivity contribution < 1.29 is 0 Å². The first-order chi connectivity index (χ1) is 12.8. The molecule has 0 aromatic rings. The van der Waals surface area contributed by atoms with Gasteiger partial charge in [-0.3, -0.25) is 4.90 Å². The molecule has 2 unspecified atom stereocenters. The van der Waals surface area contributed by atoms with Gasteiger partial charge in [-0.1, -0.05) is 67.0 Å². The van der Waals surface area contributed by atoms with Crippen LogP contribution >= 0.6 is 0 Å². The van der Waals surface area contributed by atoms with E-state index in [1.165, 1.54) is 44.9 Å². The molecule has 0 aromatic heterocycles. The van der Waals surface area contributed by atoms with E-state index in [1.54, 1.807) is 0 Å². The Morgan fingerprint density at radius 3 is 1.71 bits per heavy atom. The molecule has 0 radical (unpaired) electrons. The van der Waals surface area contributed by atoms with E-state index in [9.17, 15) is 0 Å². The smallest absolute Gasteiger partial charge is 0.0451 e. The van der Waals surface area contributed by atoms with Crippen LogP contribution in [0.25, 0.3) is 0 Å². The highest BCUT2D eigenvalue weighted by Crippen LogP contribution is 2.54. The lowest BCUT2D eigenvalue weighted by molar-refractivity contribution is -0.000357. The van der Waals surface area contributed by atoms with Crippen LogP contribution < -0.4 is 5.32 Å². The zero-order valence-corrected chi connectivity index (χ0v) is 20.8. The highest BCUT2D eigenvalue weighted by Gasteiger charge is 2.57.